The van der Waals surface area contributed by atoms with E-state index < -0.39 is 0 Å². The number of halogens is 1. The lowest BCUT2D eigenvalue weighted by Gasteiger charge is -2.21. The summed E-state index contributed by atoms with van der Waals surface area (Å²) in [6, 6.07) is 5.65. The predicted molar refractivity (Wildman–Crippen MR) is 80.4 cm³/mol. The second-order valence-electron chi connectivity index (χ2n) is 4.04. The zero-order valence-electron chi connectivity index (χ0n) is 10.8. The molecule has 0 saturated heterocycles. The van der Waals surface area contributed by atoms with E-state index >= 15 is 0 Å². The molecule has 0 aliphatic carbocycles. The maximum Gasteiger partial charge on any atom is 0.123 e. The quantitative estimate of drug-likeness (QED) is 0.782. The van der Waals surface area contributed by atoms with Crippen LogP contribution < -0.4 is 10.5 Å². The monoisotopic (exact) mass is 286 g/mol. The Balaban J connectivity index is 2.74. The van der Waals surface area contributed by atoms with Crippen molar-refractivity contribution < 1.29 is 4.74 Å². The third kappa shape index (κ3) is 4.80. The van der Waals surface area contributed by atoms with Crippen molar-refractivity contribution in [1.82, 2.24) is 4.90 Å². The van der Waals surface area contributed by atoms with Crippen LogP contribution in [0.5, 0.6) is 5.75 Å². The van der Waals surface area contributed by atoms with Gasteiger partial charge in [0.15, 0.2) is 0 Å². The second-order valence-corrected chi connectivity index (χ2v) is 5.00. The van der Waals surface area contributed by atoms with Crippen molar-refractivity contribution in [3.8, 4) is 5.75 Å². The second kappa shape index (κ2) is 7.56. The van der Waals surface area contributed by atoms with Gasteiger partial charge in [0.05, 0.1) is 12.1 Å². The van der Waals surface area contributed by atoms with E-state index in [0.717, 1.165) is 42.4 Å². The zero-order chi connectivity index (χ0) is 13.5. The van der Waals surface area contributed by atoms with E-state index in [1.165, 1.54) is 0 Å². The van der Waals surface area contributed by atoms with Gasteiger partial charge in [-0.05, 0) is 24.7 Å². The standard InChI is InChI=1S/C13H19ClN2OS/c1-3-16(7-6-13(15)18)9-10-8-11(14)4-5-12(10)17-2/h4-5,8H,3,6-7,9H2,1-2H3,(H2,15,18). The Labute approximate surface area is 119 Å². The van der Waals surface area contributed by atoms with E-state index in [1.807, 2.05) is 18.2 Å². The van der Waals surface area contributed by atoms with Crippen molar-refractivity contribution in [2.75, 3.05) is 20.2 Å². The Hall–Kier alpha value is -0.840. The van der Waals surface area contributed by atoms with Crippen molar-refractivity contribution in [3.63, 3.8) is 0 Å². The van der Waals surface area contributed by atoms with Crippen LogP contribution in [-0.2, 0) is 6.54 Å². The normalized spacial score (nSPS) is 10.7. The Kier molecular flexibility index (Phi) is 6.39. The van der Waals surface area contributed by atoms with E-state index in [2.05, 4.69) is 11.8 Å². The van der Waals surface area contributed by atoms with Crippen LogP contribution in [0.4, 0.5) is 0 Å². The van der Waals surface area contributed by atoms with Crippen LogP contribution in [-0.4, -0.2) is 30.1 Å². The number of methoxy groups -OCH3 is 1. The molecule has 3 nitrogen and oxygen atoms in total. The van der Waals surface area contributed by atoms with Gasteiger partial charge < -0.3 is 10.5 Å². The average molecular weight is 287 g/mol. The summed E-state index contributed by atoms with van der Waals surface area (Å²) in [4.78, 5) is 2.80. The molecule has 0 aromatic heterocycles. The van der Waals surface area contributed by atoms with Crippen LogP contribution in [0.15, 0.2) is 18.2 Å². The van der Waals surface area contributed by atoms with Crippen molar-refractivity contribution in [1.29, 1.82) is 0 Å². The van der Waals surface area contributed by atoms with Gasteiger partial charge in [-0.1, -0.05) is 30.7 Å². The molecule has 100 valence electrons. The maximum absolute atomic E-state index is 6.01. The fourth-order valence-electron chi connectivity index (χ4n) is 1.73. The van der Waals surface area contributed by atoms with Gasteiger partial charge in [0, 0.05) is 30.1 Å². The summed E-state index contributed by atoms with van der Waals surface area (Å²) < 4.78 is 5.34. The summed E-state index contributed by atoms with van der Waals surface area (Å²) in [7, 11) is 1.66. The highest BCUT2D eigenvalue weighted by molar-refractivity contribution is 7.80. The molecule has 0 amide bonds. The number of nitrogens with zero attached hydrogens (tertiary/aromatic N) is 1. The SMILES string of the molecule is CCN(CCC(N)=S)Cc1cc(Cl)ccc1OC. The molecule has 1 aromatic carbocycles. The van der Waals surface area contributed by atoms with Crippen LogP contribution in [0.25, 0.3) is 0 Å². The summed E-state index contributed by atoms with van der Waals surface area (Å²) in [5.41, 5.74) is 6.61. The first-order chi connectivity index (χ1) is 8.56. The van der Waals surface area contributed by atoms with Crippen LogP contribution in [0, 0.1) is 0 Å². The molecule has 0 radical (unpaired) electrons. The highest BCUT2D eigenvalue weighted by atomic mass is 35.5. The van der Waals surface area contributed by atoms with E-state index in [0.29, 0.717) is 4.99 Å². The highest BCUT2D eigenvalue weighted by Crippen LogP contribution is 2.24. The summed E-state index contributed by atoms with van der Waals surface area (Å²) in [5.74, 6) is 0.855. The number of rotatable bonds is 7. The zero-order valence-corrected chi connectivity index (χ0v) is 12.4. The molecule has 0 unspecified atom stereocenters. The Bertz CT molecular complexity index is 412. The van der Waals surface area contributed by atoms with Crippen molar-refractivity contribution in [2.24, 2.45) is 5.73 Å². The summed E-state index contributed by atoms with van der Waals surface area (Å²) in [6.07, 6.45) is 0.728. The van der Waals surface area contributed by atoms with Gasteiger partial charge in [-0.25, -0.2) is 0 Å². The predicted octanol–water partition coefficient (Wildman–Crippen LogP) is 2.85. The van der Waals surface area contributed by atoms with Crippen molar-refractivity contribution in [3.05, 3.63) is 28.8 Å². The number of thiocarbonyl (C=S) groups is 1. The van der Waals surface area contributed by atoms with E-state index in [-0.39, 0.29) is 0 Å². The summed E-state index contributed by atoms with van der Waals surface area (Å²) in [6.45, 7) is 4.67. The average Bonchev–Trinajstić information content (AvgIpc) is 2.34. The van der Waals surface area contributed by atoms with Crippen LogP contribution in [0.3, 0.4) is 0 Å². The Morgan fingerprint density at radius 2 is 2.22 bits per heavy atom. The lowest BCUT2D eigenvalue weighted by molar-refractivity contribution is 0.282. The molecular weight excluding hydrogens is 268 g/mol. The Morgan fingerprint density at radius 1 is 1.50 bits per heavy atom. The minimum Gasteiger partial charge on any atom is -0.496 e. The van der Waals surface area contributed by atoms with Crippen LogP contribution in [0.1, 0.15) is 18.9 Å². The highest BCUT2D eigenvalue weighted by Gasteiger charge is 2.09. The van der Waals surface area contributed by atoms with E-state index in [9.17, 15) is 0 Å². The number of hydrogen-bond acceptors (Lipinski definition) is 3. The molecule has 0 spiro atoms. The van der Waals surface area contributed by atoms with E-state index in [1.54, 1.807) is 7.11 Å². The largest absolute Gasteiger partial charge is 0.496 e. The fraction of sp³-hybridized carbons (Fsp3) is 0.462. The van der Waals surface area contributed by atoms with Gasteiger partial charge in [-0.2, -0.15) is 0 Å². The lowest BCUT2D eigenvalue weighted by Crippen LogP contribution is -2.27. The maximum atomic E-state index is 6.01. The molecule has 0 heterocycles. The van der Waals surface area contributed by atoms with E-state index in [4.69, 9.17) is 34.3 Å². The summed E-state index contributed by atoms with van der Waals surface area (Å²) >= 11 is 10.9. The third-order valence-electron chi connectivity index (χ3n) is 2.76. The third-order valence-corrected chi connectivity index (χ3v) is 3.20. The number of nitrogens with two attached hydrogens (primary N) is 1. The molecule has 1 aromatic rings. The first-order valence-electron chi connectivity index (χ1n) is 5.90. The molecule has 18 heavy (non-hydrogen) atoms. The topological polar surface area (TPSA) is 38.5 Å². The molecule has 0 aliphatic heterocycles. The fourth-order valence-corrected chi connectivity index (χ4v) is 2.01. The van der Waals surface area contributed by atoms with Crippen LogP contribution >= 0.6 is 23.8 Å². The Morgan fingerprint density at radius 3 is 2.78 bits per heavy atom. The molecule has 0 bridgehead atoms. The van der Waals surface area contributed by atoms with Gasteiger partial charge in [0.25, 0.3) is 0 Å². The lowest BCUT2D eigenvalue weighted by atomic mass is 10.2. The molecule has 0 atom stereocenters. The minimum absolute atomic E-state index is 0.548. The minimum atomic E-state index is 0.548. The summed E-state index contributed by atoms with van der Waals surface area (Å²) in [5, 5.41) is 0.719. The number of ether oxygens (including phenoxy) is 1. The molecule has 2 N–H and O–H groups in total. The molecule has 0 aliphatic rings. The smallest absolute Gasteiger partial charge is 0.123 e. The molecule has 0 fully saturated rings. The van der Waals surface area contributed by atoms with Crippen LogP contribution in [0.2, 0.25) is 5.02 Å². The molecule has 1 rings (SSSR count). The molecule has 0 saturated carbocycles. The molecule has 5 heteroatoms. The van der Waals surface area contributed by atoms with Gasteiger partial charge in [0.2, 0.25) is 0 Å². The number of benzene rings is 1. The van der Waals surface area contributed by atoms with Gasteiger partial charge >= 0.3 is 0 Å². The van der Waals surface area contributed by atoms with Crippen molar-refractivity contribution in [2.45, 2.75) is 19.9 Å². The molecular formula is C13H19ClN2OS. The first-order valence-corrected chi connectivity index (χ1v) is 6.68. The van der Waals surface area contributed by atoms with Gasteiger partial charge in [0.1, 0.15) is 5.75 Å². The van der Waals surface area contributed by atoms with Crippen molar-refractivity contribution >= 4 is 28.8 Å². The van der Waals surface area contributed by atoms with Gasteiger partial charge in [-0.15, -0.1) is 0 Å². The first kappa shape index (κ1) is 15.2. The number of hydrogen-bond donors (Lipinski definition) is 1. The van der Waals surface area contributed by atoms with Gasteiger partial charge in [-0.3, -0.25) is 4.90 Å².